The van der Waals surface area contributed by atoms with Gasteiger partial charge in [-0.2, -0.15) is 0 Å². The van der Waals surface area contributed by atoms with Crippen LogP contribution in [-0.2, 0) is 25.5 Å². The largest absolute Gasteiger partial charge is 0.467 e. The number of hydrogen-bond donors (Lipinski definition) is 2. The Kier molecular flexibility index (Phi) is 7.80. The molecule has 8 heteroatoms. The van der Waals surface area contributed by atoms with Crippen molar-refractivity contribution in [2.45, 2.75) is 44.4 Å². The van der Waals surface area contributed by atoms with Gasteiger partial charge >= 0.3 is 12.1 Å². The second-order valence-electron chi connectivity index (χ2n) is 6.95. The van der Waals surface area contributed by atoms with Crippen molar-refractivity contribution in [3.63, 3.8) is 0 Å². The van der Waals surface area contributed by atoms with Crippen molar-refractivity contribution in [1.82, 2.24) is 10.2 Å². The second-order valence-corrected chi connectivity index (χ2v) is 6.95. The zero-order chi connectivity index (χ0) is 20.7. The predicted octanol–water partition coefficient (Wildman–Crippen LogP) is 1.68. The van der Waals surface area contributed by atoms with Gasteiger partial charge in [0, 0.05) is 20.1 Å². The van der Waals surface area contributed by atoms with Crippen LogP contribution in [-0.4, -0.2) is 66.9 Å². The van der Waals surface area contributed by atoms with Crippen molar-refractivity contribution in [1.29, 1.82) is 0 Å². The lowest BCUT2D eigenvalue weighted by Crippen LogP contribution is -2.52. The zero-order valence-corrected chi connectivity index (χ0v) is 16.5. The smallest absolute Gasteiger partial charge is 0.407 e. The summed E-state index contributed by atoms with van der Waals surface area (Å²) in [5, 5.41) is 12.1. The number of amides is 2. The molecular formula is C20H28N2O6. The molecule has 0 saturated carbocycles. The van der Waals surface area contributed by atoms with E-state index in [1.54, 1.807) is 6.92 Å². The predicted molar refractivity (Wildman–Crippen MR) is 102 cm³/mol. The number of hydrogen-bond acceptors (Lipinski definition) is 5. The maximum atomic E-state index is 12.8. The summed E-state index contributed by atoms with van der Waals surface area (Å²) in [6, 6.07) is 8.09. The van der Waals surface area contributed by atoms with E-state index in [9.17, 15) is 19.5 Å². The number of carbonyl (C=O) groups is 3. The number of ether oxygens (including phenoxy) is 2. The number of benzene rings is 1. The Hall–Kier alpha value is -2.61. The first-order valence-electron chi connectivity index (χ1n) is 9.33. The summed E-state index contributed by atoms with van der Waals surface area (Å²) in [7, 11) is 2.74. The molecule has 1 aliphatic heterocycles. The molecule has 1 aliphatic rings. The van der Waals surface area contributed by atoms with Crippen LogP contribution in [0, 0.1) is 5.92 Å². The fourth-order valence-corrected chi connectivity index (χ4v) is 3.70. The maximum Gasteiger partial charge on any atom is 0.407 e. The molecule has 0 aromatic heterocycles. The summed E-state index contributed by atoms with van der Waals surface area (Å²) >= 11 is 0. The van der Waals surface area contributed by atoms with Crippen LogP contribution >= 0.6 is 0 Å². The van der Waals surface area contributed by atoms with Gasteiger partial charge in [-0.05, 0) is 18.4 Å². The summed E-state index contributed by atoms with van der Waals surface area (Å²) < 4.78 is 10.3. The highest BCUT2D eigenvalue weighted by atomic mass is 16.5. The van der Waals surface area contributed by atoms with Crippen LogP contribution in [0.4, 0.5) is 4.79 Å². The van der Waals surface area contributed by atoms with Gasteiger partial charge in [-0.3, -0.25) is 4.79 Å². The van der Waals surface area contributed by atoms with E-state index in [4.69, 9.17) is 9.47 Å². The van der Waals surface area contributed by atoms with E-state index in [-0.39, 0.29) is 5.91 Å². The van der Waals surface area contributed by atoms with E-state index in [0.717, 1.165) is 12.0 Å². The molecule has 0 spiro atoms. The fourth-order valence-electron chi connectivity index (χ4n) is 3.70. The molecule has 2 amide bonds. The first-order valence-corrected chi connectivity index (χ1v) is 9.33. The Morgan fingerprint density at radius 2 is 1.93 bits per heavy atom. The average Bonchev–Trinajstić information content (AvgIpc) is 3.18. The van der Waals surface area contributed by atoms with E-state index >= 15 is 0 Å². The highest BCUT2D eigenvalue weighted by molar-refractivity contribution is 5.86. The van der Waals surface area contributed by atoms with Gasteiger partial charge in [0.25, 0.3) is 0 Å². The van der Waals surface area contributed by atoms with Crippen molar-refractivity contribution < 1.29 is 29.0 Å². The van der Waals surface area contributed by atoms with Crippen LogP contribution in [0.5, 0.6) is 0 Å². The van der Waals surface area contributed by atoms with E-state index in [0.29, 0.717) is 19.4 Å². The molecule has 2 rings (SSSR count). The lowest BCUT2D eigenvalue weighted by Gasteiger charge is -2.32. The molecule has 4 atom stereocenters. The molecule has 0 radical (unpaired) electrons. The number of esters is 1. The van der Waals surface area contributed by atoms with Crippen LogP contribution < -0.4 is 5.32 Å². The molecular weight excluding hydrogens is 364 g/mol. The minimum absolute atomic E-state index is 0.300. The number of nitrogens with zero attached hydrogens (tertiary/aromatic N) is 1. The van der Waals surface area contributed by atoms with Gasteiger partial charge in [0.05, 0.1) is 25.2 Å². The quantitative estimate of drug-likeness (QED) is 0.652. The Bertz CT molecular complexity index is 681. The van der Waals surface area contributed by atoms with Gasteiger partial charge in [-0.1, -0.05) is 37.3 Å². The number of carbonyl (C=O) groups excluding carboxylic acids is 2. The van der Waals surface area contributed by atoms with E-state index in [1.807, 2.05) is 30.3 Å². The van der Waals surface area contributed by atoms with Gasteiger partial charge in [0.1, 0.15) is 6.04 Å². The highest BCUT2D eigenvalue weighted by Gasteiger charge is 2.40. The first kappa shape index (κ1) is 21.7. The number of carboxylic acid groups (broad SMARTS) is 1. The molecule has 1 saturated heterocycles. The number of rotatable bonds is 8. The number of nitrogens with one attached hydrogen (secondary N) is 1. The lowest BCUT2D eigenvalue weighted by molar-refractivity contribution is -0.146. The topological polar surface area (TPSA) is 105 Å². The average molecular weight is 392 g/mol. The molecule has 154 valence electrons. The van der Waals surface area contributed by atoms with Crippen molar-refractivity contribution in [2.24, 2.45) is 5.92 Å². The molecule has 0 bridgehead atoms. The van der Waals surface area contributed by atoms with E-state index in [1.165, 1.54) is 19.1 Å². The molecule has 8 nitrogen and oxygen atoms in total. The number of likely N-dealkylation sites (tertiary alicyclic amines) is 1. The van der Waals surface area contributed by atoms with Gasteiger partial charge in [-0.15, -0.1) is 0 Å². The van der Waals surface area contributed by atoms with Crippen LogP contribution in [0.25, 0.3) is 0 Å². The SMILES string of the molecule is COC(=O)[C@H](Cc1ccccc1)NC(=O)[C@H](C)[C@@H](OC)[C@@H]1CCCN1C(=O)O. The van der Waals surface area contributed by atoms with E-state index < -0.39 is 36.2 Å². The third kappa shape index (κ3) is 5.22. The fraction of sp³-hybridized carbons (Fsp3) is 0.550. The van der Waals surface area contributed by atoms with E-state index in [2.05, 4.69) is 5.32 Å². The summed E-state index contributed by atoms with van der Waals surface area (Å²) in [4.78, 5) is 37.8. The Balaban J connectivity index is 2.10. The standard InChI is InChI=1S/C20H28N2O6/c1-13(17(27-2)16-10-7-11-22(16)20(25)26)18(23)21-15(19(24)28-3)12-14-8-5-4-6-9-14/h4-6,8-9,13,15-17H,7,10-12H2,1-3H3,(H,21,23)(H,25,26)/t13-,15+,16+,17-/m1/s1. The highest BCUT2D eigenvalue weighted by Crippen LogP contribution is 2.26. The first-order chi connectivity index (χ1) is 13.4. The number of methoxy groups -OCH3 is 2. The van der Waals surface area contributed by atoms with Crippen molar-refractivity contribution in [3.8, 4) is 0 Å². The third-order valence-electron chi connectivity index (χ3n) is 5.19. The molecule has 0 aliphatic carbocycles. The van der Waals surface area contributed by atoms with Gasteiger partial charge in [-0.25, -0.2) is 9.59 Å². The summed E-state index contributed by atoms with van der Waals surface area (Å²) in [6.45, 7) is 2.10. The minimum atomic E-state index is -1.02. The third-order valence-corrected chi connectivity index (χ3v) is 5.19. The molecule has 1 aromatic carbocycles. The Labute approximate surface area is 164 Å². The molecule has 1 aromatic rings. The Morgan fingerprint density at radius 3 is 2.50 bits per heavy atom. The zero-order valence-electron chi connectivity index (χ0n) is 16.5. The van der Waals surface area contributed by atoms with Crippen LogP contribution in [0.2, 0.25) is 0 Å². The second kappa shape index (κ2) is 10.1. The maximum absolute atomic E-state index is 12.8. The van der Waals surface area contributed by atoms with Crippen molar-refractivity contribution >= 4 is 18.0 Å². The molecule has 2 N–H and O–H groups in total. The minimum Gasteiger partial charge on any atom is -0.467 e. The molecule has 1 heterocycles. The summed E-state index contributed by atoms with van der Waals surface area (Å²) in [6.07, 6.45) is 0.0350. The van der Waals surface area contributed by atoms with Gasteiger partial charge in [0.2, 0.25) is 5.91 Å². The summed E-state index contributed by atoms with van der Waals surface area (Å²) in [5.74, 6) is -1.56. The lowest BCUT2D eigenvalue weighted by atomic mass is 9.94. The van der Waals surface area contributed by atoms with Crippen LogP contribution in [0.15, 0.2) is 30.3 Å². The Morgan fingerprint density at radius 1 is 1.25 bits per heavy atom. The van der Waals surface area contributed by atoms with Crippen molar-refractivity contribution in [3.05, 3.63) is 35.9 Å². The van der Waals surface area contributed by atoms with Gasteiger partial charge < -0.3 is 24.8 Å². The van der Waals surface area contributed by atoms with Crippen LogP contribution in [0.3, 0.4) is 0 Å². The molecule has 1 fully saturated rings. The summed E-state index contributed by atoms with van der Waals surface area (Å²) in [5.41, 5.74) is 0.891. The van der Waals surface area contributed by atoms with Crippen LogP contribution in [0.1, 0.15) is 25.3 Å². The molecule has 0 unspecified atom stereocenters. The monoisotopic (exact) mass is 392 g/mol. The van der Waals surface area contributed by atoms with Crippen molar-refractivity contribution in [2.75, 3.05) is 20.8 Å². The normalized spacial score (nSPS) is 19.5. The van der Waals surface area contributed by atoms with Gasteiger partial charge in [0.15, 0.2) is 0 Å². The molecule has 28 heavy (non-hydrogen) atoms.